The van der Waals surface area contributed by atoms with Gasteiger partial charge in [-0.05, 0) is 56.5 Å². The van der Waals surface area contributed by atoms with Gasteiger partial charge in [0, 0.05) is 19.1 Å². The first-order chi connectivity index (χ1) is 15.7. The SMILES string of the molecule is CC[C@@H](C)NC(=O)c1ccccc1NC(=O)c1cc(S(=O)(=O)N2CCCCCC2)ccc1Cl. The number of benzene rings is 2. The van der Waals surface area contributed by atoms with E-state index in [1.807, 2.05) is 13.8 Å². The molecule has 0 aromatic heterocycles. The van der Waals surface area contributed by atoms with Crippen molar-refractivity contribution in [1.29, 1.82) is 0 Å². The molecular formula is C24H30ClN3O4S. The van der Waals surface area contributed by atoms with Gasteiger partial charge in [-0.2, -0.15) is 4.31 Å². The number of hydrogen-bond donors (Lipinski definition) is 2. The molecule has 2 N–H and O–H groups in total. The van der Waals surface area contributed by atoms with Gasteiger partial charge in [0.15, 0.2) is 0 Å². The molecule has 178 valence electrons. The molecule has 0 bridgehead atoms. The predicted molar refractivity (Wildman–Crippen MR) is 130 cm³/mol. The summed E-state index contributed by atoms with van der Waals surface area (Å²) in [5.41, 5.74) is 0.667. The van der Waals surface area contributed by atoms with E-state index in [1.165, 1.54) is 22.5 Å². The maximum absolute atomic E-state index is 13.2. The summed E-state index contributed by atoms with van der Waals surface area (Å²) in [6, 6.07) is 10.8. The molecule has 1 atom stereocenters. The lowest BCUT2D eigenvalue weighted by Crippen LogP contribution is -2.32. The lowest BCUT2D eigenvalue weighted by molar-refractivity contribution is 0.0940. The molecule has 1 aliphatic heterocycles. The minimum absolute atomic E-state index is 0.0171. The zero-order valence-corrected chi connectivity index (χ0v) is 20.5. The molecule has 1 fully saturated rings. The molecule has 33 heavy (non-hydrogen) atoms. The average molecular weight is 492 g/mol. The van der Waals surface area contributed by atoms with Gasteiger partial charge in [0.25, 0.3) is 11.8 Å². The van der Waals surface area contributed by atoms with Gasteiger partial charge in [-0.3, -0.25) is 9.59 Å². The van der Waals surface area contributed by atoms with Crippen LogP contribution in [0.25, 0.3) is 0 Å². The molecule has 9 heteroatoms. The van der Waals surface area contributed by atoms with Crippen LogP contribution in [0.2, 0.25) is 5.02 Å². The molecular weight excluding hydrogens is 462 g/mol. The van der Waals surface area contributed by atoms with Crippen molar-refractivity contribution >= 4 is 39.1 Å². The van der Waals surface area contributed by atoms with Gasteiger partial charge in [0.1, 0.15) is 0 Å². The molecule has 0 radical (unpaired) electrons. The number of amides is 2. The summed E-state index contributed by atoms with van der Waals surface area (Å²) >= 11 is 6.26. The minimum Gasteiger partial charge on any atom is -0.350 e. The van der Waals surface area contributed by atoms with Crippen molar-refractivity contribution in [3.05, 3.63) is 58.6 Å². The van der Waals surface area contributed by atoms with Crippen LogP contribution in [-0.2, 0) is 10.0 Å². The lowest BCUT2D eigenvalue weighted by atomic mass is 10.1. The van der Waals surface area contributed by atoms with Gasteiger partial charge in [-0.25, -0.2) is 8.42 Å². The van der Waals surface area contributed by atoms with Gasteiger partial charge in [0.2, 0.25) is 10.0 Å². The topological polar surface area (TPSA) is 95.6 Å². The summed E-state index contributed by atoms with van der Waals surface area (Å²) in [4.78, 5) is 25.7. The zero-order chi connectivity index (χ0) is 24.0. The summed E-state index contributed by atoms with van der Waals surface area (Å²) < 4.78 is 27.8. The first-order valence-corrected chi connectivity index (χ1v) is 13.1. The maximum Gasteiger partial charge on any atom is 0.257 e. The molecule has 2 amide bonds. The third-order valence-corrected chi connectivity index (χ3v) is 8.02. The van der Waals surface area contributed by atoms with E-state index in [-0.39, 0.29) is 27.4 Å². The molecule has 0 spiro atoms. The molecule has 1 saturated heterocycles. The number of para-hydroxylation sites is 1. The highest BCUT2D eigenvalue weighted by atomic mass is 35.5. The number of anilines is 1. The van der Waals surface area contributed by atoms with Crippen LogP contribution >= 0.6 is 11.6 Å². The van der Waals surface area contributed by atoms with Crippen LogP contribution in [0.15, 0.2) is 47.4 Å². The fourth-order valence-electron chi connectivity index (χ4n) is 3.65. The van der Waals surface area contributed by atoms with E-state index in [9.17, 15) is 18.0 Å². The van der Waals surface area contributed by atoms with E-state index in [4.69, 9.17) is 11.6 Å². The van der Waals surface area contributed by atoms with Crippen molar-refractivity contribution in [3.8, 4) is 0 Å². The third-order valence-electron chi connectivity index (χ3n) is 5.80. The first kappa shape index (κ1) is 25.2. The van der Waals surface area contributed by atoms with Crippen LogP contribution in [0.4, 0.5) is 5.69 Å². The Morgan fingerprint density at radius 1 is 1.00 bits per heavy atom. The first-order valence-electron chi connectivity index (χ1n) is 11.2. The van der Waals surface area contributed by atoms with E-state index in [0.29, 0.717) is 24.3 Å². The van der Waals surface area contributed by atoms with Crippen LogP contribution < -0.4 is 10.6 Å². The van der Waals surface area contributed by atoms with Crippen molar-refractivity contribution in [2.75, 3.05) is 18.4 Å². The van der Waals surface area contributed by atoms with Gasteiger partial charge in [-0.15, -0.1) is 0 Å². The normalized spacial score (nSPS) is 16.0. The Kier molecular flexibility index (Phi) is 8.51. The number of halogens is 1. The molecule has 2 aromatic carbocycles. The van der Waals surface area contributed by atoms with Crippen LogP contribution in [-0.4, -0.2) is 43.7 Å². The van der Waals surface area contributed by atoms with Crippen LogP contribution in [0.1, 0.15) is 66.7 Å². The summed E-state index contributed by atoms with van der Waals surface area (Å²) in [6.07, 6.45) is 4.41. The summed E-state index contributed by atoms with van der Waals surface area (Å²) in [6.45, 7) is 4.79. The van der Waals surface area contributed by atoms with E-state index in [0.717, 1.165) is 32.1 Å². The lowest BCUT2D eigenvalue weighted by Gasteiger charge is -2.20. The fraction of sp³-hybridized carbons (Fsp3) is 0.417. The Morgan fingerprint density at radius 3 is 2.33 bits per heavy atom. The largest absolute Gasteiger partial charge is 0.350 e. The Hall–Kier alpha value is -2.42. The molecule has 0 saturated carbocycles. The second-order valence-corrected chi connectivity index (χ2v) is 10.6. The standard InChI is InChI=1S/C24H30ClN3O4S/c1-3-17(2)26-23(29)19-10-6-7-11-22(19)27-24(30)20-16-18(12-13-21(20)25)33(31,32)28-14-8-4-5-9-15-28/h6-7,10-13,16-17H,3-5,8-9,14-15H2,1-2H3,(H,26,29)(H,27,30)/t17-/m1/s1. The predicted octanol–water partition coefficient (Wildman–Crippen LogP) is 4.69. The van der Waals surface area contributed by atoms with Crippen molar-refractivity contribution in [1.82, 2.24) is 9.62 Å². The summed E-state index contributed by atoms with van der Waals surface area (Å²) in [7, 11) is -3.74. The van der Waals surface area contributed by atoms with Crippen molar-refractivity contribution < 1.29 is 18.0 Å². The van der Waals surface area contributed by atoms with Crippen molar-refractivity contribution in [2.45, 2.75) is 56.9 Å². The van der Waals surface area contributed by atoms with Crippen LogP contribution in [0.5, 0.6) is 0 Å². The Morgan fingerprint density at radius 2 is 1.67 bits per heavy atom. The van der Waals surface area contributed by atoms with E-state index < -0.39 is 15.9 Å². The van der Waals surface area contributed by atoms with Gasteiger partial charge in [0.05, 0.1) is 26.7 Å². The molecule has 3 rings (SSSR count). The average Bonchev–Trinajstić information content (AvgIpc) is 3.09. The quantitative estimate of drug-likeness (QED) is 0.587. The molecule has 7 nitrogen and oxygen atoms in total. The number of nitrogens with one attached hydrogen (secondary N) is 2. The highest BCUT2D eigenvalue weighted by molar-refractivity contribution is 7.89. The van der Waals surface area contributed by atoms with Crippen molar-refractivity contribution in [3.63, 3.8) is 0 Å². The fourth-order valence-corrected chi connectivity index (χ4v) is 5.40. The number of carbonyl (C=O) groups excluding carboxylic acids is 2. The van der Waals surface area contributed by atoms with Gasteiger partial charge >= 0.3 is 0 Å². The number of hydrogen-bond acceptors (Lipinski definition) is 4. The Bertz CT molecular complexity index is 1110. The van der Waals surface area contributed by atoms with Crippen molar-refractivity contribution in [2.24, 2.45) is 0 Å². The summed E-state index contributed by atoms with van der Waals surface area (Å²) in [5.74, 6) is -0.888. The zero-order valence-electron chi connectivity index (χ0n) is 18.9. The molecule has 1 heterocycles. The molecule has 0 unspecified atom stereocenters. The van der Waals surface area contributed by atoms with E-state index in [1.54, 1.807) is 24.3 Å². The summed E-state index contributed by atoms with van der Waals surface area (Å²) in [5, 5.41) is 5.72. The van der Waals surface area contributed by atoms with Gasteiger partial charge < -0.3 is 10.6 Å². The van der Waals surface area contributed by atoms with E-state index in [2.05, 4.69) is 10.6 Å². The number of sulfonamides is 1. The Balaban J connectivity index is 1.86. The second kappa shape index (κ2) is 11.1. The Labute approximate surface area is 200 Å². The molecule has 2 aromatic rings. The molecule has 0 aliphatic carbocycles. The highest BCUT2D eigenvalue weighted by Crippen LogP contribution is 2.26. The minimum atomic E-state index is -3.74. The monoisotopic (exact) mass is 491 g/mol. The number of nitrogens with zero attached hydrogens (tertiary/aromatic N) is 1. The highest BCUT2D eigenvalue weighted by Gasteiger charge is 2.27. The maximum atomic E-state index is 13.2. The van der Waals surface area contributed by atoms with Gasteiger partial charge in [-0.1, -0.05) is 43.5 Å². The van der Waals surface area contributed by atoms with Crippen LogP contribution in [0, 0.1) is 0 Å². The molecule has 1 aliphatic rings. The second-order valence-electron chi connectivity index (χ2n) is 8.24. The van der Waals surface area contributed by atoms with E-state index >= 15 is 0 Å². The smallest absolute Gasteiger partial charge is 0.257 e. The van der Waals surface area contributed by atoms with Crippen LogP contribution in [0.3, 0.4) is 0 Å². The third kappa shape index (κ3) is 6.13. The number of rotatable bonds is 7. The number of carbonyl (C=O) groups is 2.